The zero-order chi connectivity index (χ0) is 22.4. The molecule has 0 spiro atoms. The van der Waals surface area contributed by atoms with Gasteiger partial charge in [-0.15, -0.1) is 0 Å². The number of piperazine rings is 1. The van der Waals surface area contributed by atoms with E-state index in [9.17, 15) is 22.8 Å². The number of benzene rings is 1. The largest absolute Gasteiger partial charge is 0.467 e. The molecular weight excluding hydrogens is 413 g/mol. The normalized spacial score (nSPS) is 15.6. The maximum atomic E-state index is 13.1. The Labute approximate surface area is 178 Å². The van der Waals surface area contributed by atoms with Crippen LogP contribution in [-0.4, -0.2) is 72.8 Å². The quantitative estimate of drug-likeness (QED) is 0.720. The number of hydrogen-bond donors (Lipinski definition) is 1. The second-order valence-electron chi connectivity index (χ2n) is 7.47. The van der Waals surface area contributed by atoms with Crippen LogP contribution in [0.2, 0.25) is 0 Å². The highest BCUT2D eigenvalue weighted by Gasteiger charge is 2.33. The predicted octanol–water partition coefficient (Wildman–Crippen LogP) is 2.51. The van der Waals surface area contributed by atoms with Crippen molar-refractivity contribution in [1.29, 1.82) is 0 Å². The lowest BCUT2D eigenvalue weighted by Crippen LogP contribution is -2.51. The number of alkyl halides is 3. The van der Waals surface area contributed by atoms with Crippen molar-refractivity contribution >= 4 is 17.5 Å². The van der Waals surface area contributed by atoms with Crippen LogP contribution in [0.5, 0.6) is 0 Å². The van der Waals surface area contributed by atoms with E-state index in [-0.39, 0.29) is 24.7 Å². The molecule has 0 unspecified atom stereocenters. The number of carbonyl (C=O) groups is 2. The Kier molecular flexibility index (Phi) is 7.34. The number of amides is 2. The van der Waals surface area contributed by atoms with E-state index < -0.39 is 17.6 Å². The SMILES string of the molecule is CN(Cc1ccco1)C(=O)CN1CCN(CC(=O)Nc2ccccc2C(F)(F)F)CC1. The maximum Gasteiger partial charge on any atom is 0.418 e. The minimum Gasteiger partial charge on any atom is -0.467 e. The number of furan rings is 1. The summed E-state index contributed by atoms with van der Waals surface area (Å²) in [5.74, 6) is 0.171. The van der Waals surface area contributed by atoms with Crippen molar-refractivity contribution in [3.8, 4) is 0 Å². The molecule has 0 saturated carbocycles. The lowest BCUT2D eigenvalue weighted by atomic mass is 10.1. The first-order valence-corrected chi connectivity index (χ1v) is 9.89. The number of rotatable bonds is 7. The highest BCUT2D eigenvalue weighted by atomic mass is 19.4. The van der Waals surface area contributed by atoms with Crippen molar-refractivity contribution in [2.24, 2.45) is 0 Å². The summed E-state index contributed by atoms with van der Waals surface area (Å²) in [6, 6.07) is 8.48. The van der Waals surface area contributed by atoms with Gasteiger partial charge in [0.25, 0.3) is 0 Å². The Morgan fingerprint density at radius 1 is 1.03 bits per heavy atom. The Morgan fingerprint density at radius 2 is 1.68 bits per heavy atom. The second kappa shape index (κ2) is 9.97. The van der Waals surface area contributed by atoms with Crippen molar-refractivity contribution in [3.05, 3.63) is 54.0 Å². The van der Waals surface area contributed by atoms with E-state index >= 15 is 0 Å². The smallest absolute Gasteiger partial charge is 0.418 e. The molecule has 1 aromatic heterocycles. The Hall–Kier alpha value is -2.85. The number of nitrogens with one attached hydrogen (secondary N) is 1. The number of anilines is 1. The van der Waals surface area contributed by atoms with E-state index in [0.717, 1.165) is 6.07 Å². The van der Waals surface area contributed by atoms with Crippen LogP contribution in [-0.2, 0) is 22.3 Å². The van der Waals surface area contributed by atoms with Crippen LogP contribution < -0.4 is 5.32 Å². The fourth-order valence-electron chi connectivity index (χ4n) is 3.37. The van der Waals surface area contributed by atoms with E-state index in [1.165, 1.54) is 18.2 Å². The highest BCUT2D eigenvalue weighted by Crippen LogP contribution is 2.34. The van der Waals surface area contributed by atoms with Gasteiger partial charge in [-0.05, 0) is 24.3 Å². The van der Waals surface area contributed by atoms with Gasteiger partial charge in [0.05, 0.1) is 37.1 Å². The number of halogens is 3. The third-order valence-corrected chi connectivity index (χ3v) is 5.10. The third kappa shape index (κ3) is 6.56. The summed E-state index contributed by atoms with van der Waals surface area (Å²) in [5, 5.41) is 2.36. The monoisotopic (exact) mass is 438 g/mol. The first kappa shape index (κ1) is 22.8. The van der Waals surface area contributed by atoms with E-state index in [2.05, 4.69) is 5.32 Å². The Balaban J connectivity index is 1.43. The Bertz CT molecular complexity index is 878. The lowest BCUT2D eigenvalue weighted by Gasteiger charge is -2.34. The van der Waals surface area contributed by atoms with Crippen LogP contribution >= 0.6 is 0 Å². The molecule has 1 aliphatic heterocycles. The van der Waals surface area contributed by atoms with Crippen molar-refractivity contribution in [3.63, 3.8) is 0 Å². The van der Waals surface area contributed by atoms with Gasteiger partial charge in [-0.3, -0.25) is 19.4 Å². The first-order valence-electron chi connectivity index (χ1n) is 9.89. The standard InChI is InChI=1S/C21H25F3N4O3/c1-26(13-16-5-4-12-31-16)20(30)15-28-10-8-27(9-11-28)14-19(29)25-18-7-3-2-6-17(18)21(22,23)24/h2-7,12H,8-11,13-15H2,1H3,(H,25,29). The minimum absolute atomic E-state index is 0.00757. The molecule has 1 fully saturated rings. The van der Waals surface area contributed by atoms with E-state index in [1.54, 1.807) is 30.3 Å². The number of nitrogens with zero attached hydrogens (tertiary/aromatic N) is 3. The van der Waals surface area contributed by atoms with Gasteiger partial charge >= 0.3 is 6.18 Å². The summed E-state index contributed by atoms with van der Waals surface area (Å²) >= 11 is 0. The third-order valence-electron chi connectivity index (χ3n) is 5.10. The van der Waals surface area contributed by atoms with Crippen LogP contribution in [0.3, 0.4) is 0 Å². The molecule has 1 aliphatic rings. The average molecular weight is 438 g/mol. The summed E-state index contributed by atoms with van der Waals surface area (Å²) in [6.07, 6.45) is -2.98. The molecule has 2 amide bonds. The van der Waals surface area contributed by atoms with Crippen LogP contribution in [0.25, 0.3) is 0 Å². The molecule has 2 heterocycles. The van der Waals surface area contributed by atoms with Gasteiger partial charge < -0.3 is 14.6 Å². The molecule has 0 aliphatic carbocycles. The molecule has 3 rings (SSSR count). The first-order chi connectivity index (χ1) is 14.7. The summed E-state index contributed by atoms with van der Waals surface area (Å²) < 4.78 is 44.4. The molecule has 1 aromatic carbocycles. The Morgan fingerprint density at radius 3 is 2.29 bits per heavy atom. The van der Waals surface area contributed by atoms with Gasteiger partial charge in [0, 0.05) is 33.2 Å². The van der Waals surface area contributed by atoms with Crippen LogP contribution in [0.4, 0.5) is 18.9 Å². The zero-order valence-corrected chi connectivity index (χ0v) is 17.2. The molecule has 0 atom stereocenters. The van der Waals surface area contributed by atoms with Crippen molar-refractivity contribution in [2.75, 3.05) is 51.6 Å². The molecule has 10 heteroatoms. The van der Waals surface area contributed by atoms with Gasteiger partial charge in [0.15, 0.2) is 0 Å². The predicted molar refractivity (Wildman–Crippen MR) is 108 cm³/mol. The summed E-state index contributed by atoms with van der Waals surface area (Å²) in [7, 11) is 1.71. The molecule has 1 N–H and O–H groups in total. The topological polar surface area (TPSA) is 69.0 Å². The van der Waals surface area contributed by atoms with E-state index in [1.807, 2.05) is 9.80 Å². The lowest BCUT2D eigenvalue weighted by molar-refractivity contribution is -0.137. The summed E-state index contributed by atoms with van der Waals surface area (Å²) in [5.41, 5.74) is -1.12. The fraction of sp³-hybridized carbons (Fsp3) is 0.429. The average Bonchev–Trinajstić information content (AvgIpc) is 3.22. The van der Waals surface area contributed by atoms with E-state index in [4.69, 9.17) is 4.42 Å². The van der Waals surface area contributed by atoms with Gasteiger partial charge in [-0.25, -0.2) is 0 Å². The molecule has 1 saturated heterocycles. The van der Waals surface area contributed by atoms with Crippen LogP contribution in [0, 0.1) is 0 Å². The summed E-state index contributed by atoms with van der Waals surface area (Å²) in [4.78, 5) is 30.1. The number of para-hydroxylation sites is 1. The maximum absolute atomic E-state index is 13.1. The van der Waals surface area contributed by atoms with Gasteiger partial charge in [0.1, 0.15) is 5.76 Å². The van der Waals surface area contributed by atoms with Crippen LogP contribution in [0.1, 0.15) is 11.3 Å². The molecule has 0 bridgehead atoms. The molecule has 2 aromatic rings. The van der Waals surface area contributed by atoms with Crippen molar-refractivity contribution in [2.45, 2.75) is 12.7 Å². The van der Waals surface area contributed by atoms with Crippen molar-refractivity contribution < 1.29 is 27.2 Å². The highest BCUT2D eigenvalue weighted by molar-refractivity contribution is 5.93. The minimum atomic E-state index is -4.54. The summed E-state index contributed by atoms with van der Waals surface area (Å²) in [6.45, 7) is 2.92. The number of hydrogen-bond acceptors (Lipinski definition) is 5. The molecule has 168 valence electrons. The van der Waals surface area contributed by atoms with Crippen molar-refractivity contribution in [1.82, 2.24) is 14.7 Å². The van der Waals surface area contributed by atoms with E-state index in [0.29, 0.717) is 38.5 Å². The molecular formula is C21H25F3N4O3. The van der Waals surface area contributed by atoms with Gasteiger partial charge in [-0.2, -0.15) is 13.2 Å². The fourth-order valence-corrected chi connectivity index (χ4v) is 3.37. The van der Waals surface area contributed by atoms with Gasteiger partial charge in [0.2, 0.25) is 11.8 Å². The number of likely N-dealkylation sites (N-methyl/N-ethyl adjacent to an activating group) is 1. The number of carbonyl (C=O) groups excluding carboxylic acids is 2. The molecule has 0 radical (unpaired) electrons. The van der Waals surface area contributed by atoms with Crippen LogP contribution in [0.15, 0.2) is 47.1 Å². The zero-order valence-electron chi connectivity index (χ0n) is 17.2. The molecule has 7 nitrogen and oxygen atoms in total. The second-order valence-corrected chi connectivity index (χ2v) is 7.47. The van der Waals surface area contributed by atoms with Gasteiger partial charge in [-0.1, -0.05) is 12.1 Å². The molecule has 31 heavy (non-hydrogen) atoms.